The van der Waals surface area contributed by atoms with Gasteiger partial charge >= 0.3 is 0 Å². The third-order valence-electron chi connectivity index (χ3n) is 1.48. The van der Waals surface area contributed by atoms with Gasteiger partial charge in [0.25, 0.3) is 0 Å². The summed E-state index contributed by atoms with van der Waals surface area (Å²) in [5, 5.41) is 2.61. The number of carbonyl (C=O) groups is 1. The zero-order chi connectivity index (χ0) is 8.97. The summed E-state index contributed by atoms with van der Waals surface area (Å²) in [6, 6.07) is 2.69. The van der Waals surface area contributed by atoms with Gasteiger partial charge in [-0.25, -0.2) is 0 Å². The van der Waals surface area contributed by atoms with Crippen LogP contribution in [0.4, 0.5) is 0 Å². The first kappa shape index (κ1) is 8.80. The summed E-state index contributed by atoms with van der Waals surface area (Å²) >= 11 is 0. The van der Waals surface area contributed by atoms with Gasteiger partial charge in [0, 0.05) is 6.54 Å². The van der Waals surface area contributed by atoms with Crippen molar-refractivity contribution in [2.45, 2.75) is 13.0 Å². The smallest absolute Gasteiger partial charge is 0.244 e. The predicted octanol–water partition coefficient (Wildman–Crippen LogP) is 0.416. The number of hydrogen-bond donors (Lipinski definition) is 2. The van der Waals surface area contributed by atoms with Crippen LogP contribution in [0.25, 0.3) is 0 Å². The first-order valence-corrected chi connectivity index (χ1v) is 3.82. The second-order valence-corrected chi connectivity index (χ2v) is 2.39. The predicted molar refractivity (Wildman–Crippen MR) is 44.3 cm³/mol. The average molecular weight is 168 g/mol. The van der Waals surface area contributed by atoms with Gasteiger partial charge in [-0.15, -0.1) is 0 Å². The highest BCUT2D eigenvalue weighted by atomic mass is 16.3. The van der Waals surface area contributed by atoms with E-state index < -0.39 is 6.04 Å². The van der Waals surface area contributed by atoms with Gasteiger partial charge in [0.15, 0.2) is 0 Å². The molecule has 1 heterocycles. The Kier molecular flexibility index (Phi) is 2.88. The largest absolute Gasteiger partial charge is 0.467 e. The Morgan fingerprint density at radius 2 is 2.58 bits per heavy atom. The number of rotatable bonds is 3. The fourth-order valence-corrected chi connectivity index (χ4v) is 0.882. The number of hydrogen-bond acceptors (Lipinski definition) is 3. The highest BCUT2D eigenvalue weighted by molar-refractivity contribution is 5.82. The summed E-state index contributed by atoms with van der Waals surface area (Å²) < 4.78 is 4.98. The molecule has 4 nitrogen and oxygen atoms in total. The second kappa shape index (κ2) is 3.92. The van der Waals surface area contributed by atoms with Crippen LogP contribution in [0.3, 0.4) is 0 Å². The molecule has 0 saturated heterocycles. The van der Waals surface area contributed by atoms with E-state index in [-0.39, 0.29) is 5.91 Å². The maximum absolute atomic E-state index is 11.1. The van der Waals surface area contributed by atoms with Crippen molar-refractivity contribution in [3.05, 3.63) is 24.2 Å². The number of nitrogens with two attached hydrogens (primary N) is 1. The van der Waals surface area contributed by atoms with Gasteiger partial charge in [-0.3, -0.25) is 4.79 Å². The first-order chi connectivity index (χ1) is 5.75. The summed E-state index contributed by atoms with van der Waals surface area (Å²) in [5.41, 5.74) is 5.56. The highest BCUT2D eigenvalue weighted by Crippen LogP contribution is 2.09. The Morgan fingerprint density at radius 1 is 1.83 bits per heavy atom. The van der Waals surface area contributed by atoms with Crippen molar-refractivity contribution in [2.75, 3.05) is 6.54 Å². The number of furan rings is 1. The molecule has 1 atom stereocenters. The van der Waals surface area contributed by atoms with Crippen LogP contribution in [0.5, 0.6) is 0 Å². The van der Waals surface area contributed by atoms with Crippen LogP contribution in [0, 0.1) is 0 Å². The molecule has 0 aliphatic rings. The molecule has 0 bridgehead atoms. The molecule has 66 valence electrons. The zero-order valence-electron chi connectivity index (χ0n) is 6.91. The van der Waals surface area contributed by atoms with Gasteiger partial charge in [-0.05, 0) is 19.1 Å². The van der Waals surface area contributed by atoms with E-state index in [4.69, 9.17) is 10.2 Å². The standard InChI is InChI=1S/C8H12N2O2/c1-2-10-8(11)7(9)6-4-3-5-12-6/h3-5,7H,2,9H2,1H3,(H,10,11). The molecule has 0 aliphatic heterocycles. The fourth-order valence-electron chi connectivity index (χ4n) is 0.882. The van der Waals surface area contributed by atoms with Crippen molar-refractivity contribution in [1.82, 2.24) is 5.32 Å². The zero-order valence-corrected chi connectivity index (χ0v) is 6.91. The number of nitrogens with one attached hydrogen (secondary N) is 1. The van der Waals surface area contributed by atoms with Crippen molar-refractivity contribution in [3.63, 3.8) is 0 Å². The molecule has 1 amide bonds. The molecule has 1 rings (SSSR count). The van der Waals surface area contributed by atoms with E-state index in [1.165, 1.54) is 6.26 Å². The van der Waals surface area contributed by atoms with Crippen LogP contribution < -0.4 is 11.1 Å². The van der Waals surface area contributed by atoms with Crippen LogP contribution in [-0.2, 0) is 4.79 Å². The number of amides is 1. The van der Waals surface area contributed by atoms with E-state index in [0.29, 0.717) is 12.3 Å². The fraction of sp³-hybridized carbons (Fsp3) is 0.375. The molecule has 0 spiro atoms. The van der Waals surface area contributed by atoms with E-state index in [1.807, 2.05) is 6.92 Å². The van der Waals surface area contributed by atoms with Gasteiger partial charge in [-0.1, -0.05) is 0 Å². The molecular formula is C8H12N2O2. The Morgan fingerprint density at radius 3 is 3.08 bits per heavy atom. The molecule has 0 fully saturated rings. The maximum Gasteiger partial charge on any atom is 0.244 e. The molecular weight excluding hydrogens is 156 g/mol. The third-order valence-corrected chi connectivity index (χ3v) is 1.48. The average Bonchev–Trinajstić information content (AvgIpc) is 2.55. The van der Waals surface area contributed by atoms with E-state index >= 15 is 0 Å². The van der Waals surface area contributed by atoms with Crippen molar-refractivity contribution in [3.8, 4) is 0 Å². The SMILES string of the molecule is CCNC(=O)C(N)c1ccco1. The summed E-state index contributed by atoms with van der Waals surface area (Å²) in [6.07, 6.45) is 1.49. The molecule has 1 unspecified atom stereocenters. The van der Waals surface area contributed by atoms with Crippen molar-refractivity contribution in [2.24, 2.45) is 5.73 Å². The maximum atomic E-state index is 11.1. The Balaban J connectivity index is 2.59. The second-order valence-electron chi connectivity index (χ2n) is 2.39. The van der Waals surface area contributed by atoms with Crippen LogP contribution in [0.2, 0.25) is 0 Å². The van der Waals surface area contributed by atoms with Gasteiger partial charge < -0.3 is 15.5 Å². The Labute approximate surface area is 70.7 Å². The Hall–Kier alpha value is -1.29. The lowest BCUT2D eigenvalue weighted by molar-refractivity contribution is -0.122. The molecule has 0 radical (unpaired) electrons. The summed E-state index contributed by atoms with van der Waals surface area (Å²) in [4.78, 5) is 11.1. The summed E-state index contributed by atoms with van der Waals surface area (Å²) in [5.74, 6) is 0.272. The summed E-state index contributed by atoms with van der Waals surface area (Å²) in [6.45, 7) is 2.42. The molecule has 1 aromatic rings. The minimum absolute atomic E-state index is 0.215. The van der Waals surface area contributed by atoms with E-state index in [1.54, 1.807) is 12.1 Å². The minimum atomic E-state index is -0.694. The molecule has 0 aromatic carbocycles. The number of likely N-dealkylation sites (N-methyl/N-ethyl adjacent to an activating group) is 1. The molecule has 4 heteroatoms. The van der Waals surface area contributed by atoms with Crippen LogP contribution in [-0.4, -0.2) is 12.5 Å². The molecule has 1 aromatic heterocycles. The quantitative estimate of drug-likeness (QED) is 0.687. The van der Waals surface area contributed by atoms with Crippen LogP contribution in [0.1, 0.15) is 18.7 Å². The monoisotopic (exact) mass is 168 g/mol. The topological polar surface area (TPSA) is 68.3 Å². The van der Waals surface area contributed by atoms with E-state index in [2.05, 4.69) is 5.32 Å². The third kappa shape index (κ3) is 1.85. The summed E-state index contributed by atoms with van der Waals surface area (Å²) in [7, 11) is 0. The normalized spacial score (nSPS) is 12.5. The lowest BCUT2D eigenvalue weighted by atomic mass is 10.2. The molecule has 3 N–H and O–H groups in total. The minimum Gasteiger partial charge on any atom is -0.467 e. The van der Waals surface area contributed by atoms with Crippen LogP contribution in [0.15, 0.2) is 22.8 Å². The van der Waals surface area contributed by atoms with Gasteiger partial charge in [-0.2, -0.15) is 0 Å². The Bertz CT molecular complexity index is 244. The van der Waals surface area contributed by atoms with E-state index in [9.17, 15) is 4.79 Å². The van der Waals surface area contributed by atoms with Gasteiger partial charge in [0.05, 0.1) is 6.26 Å². The van der Waals surface area contributed by atoms with Crippen LogP contribution >= 0.6 is 0 Å². The lowest BCUT2D eigenvalue weighted by Crippen LogP contribution is -2.33. The van der Waals surface area contributed by atoms with Gasteiger partial charge in [0.1, 0.15) is 11.8 Å². The van der Waals surface area contributed by atoms with Crippen molar-refractivity contribution in [1.29, 1.82) is 0 Å². The lowest BCUT2D eigenvalue weighted by Gasteiger charge is -2.07. The van der Waals surface area contributed by atoms with Gasteiger partial charge in [0.2, 0.25) is 5.91 Å². The molecule has 0 aliphatic carbocycles. The molecule has 0 saturated carbocycles. The van der Waals surface area contributed by atoms with Crippen molar-refractivity contribution < 1.29 is 9.21 Å². The molecule has 12 heavy (non-hydrogen) atoms. The van der Waals surface area contributed by atoms with E-state index in [0.717, 1.165) is 0 Å². The van der Waals surface area contributed by atoms with Crippen molar-refractivity contribution >= 4 is 5.91 Å². The highest BCUT2D eigenvalue weighted by Gasteiger charge is 2.16. The first-order valence-electron chi connectivity index (χ1n) is 3.82. The number of carbonyl (C=O) groups excluding carboxylic acids is 1.